The van der Waals surface area contributed by atoms with Crippen molar-refractivity contribution >= 4 is 11.9 Å². The molecule has 0 aromatic rings. The molecule has 2 saturated heterocycles. The van der Waals surface area contributed by atoms with Crippen molar-refractivity contribution in [3.05, 3.63) is 85.1 Å². The fraction of sp³-hybridized carbons (Fsp3) is 0.644. The number of nitrogens with two attached hydrogens (primary N) is 2. The summed E-state index contributed by atoms with van der Waals surface area (Å²) in [6.07, 6.45) is 5.59. The molecule has 1 amide bonds. The van der Waals surface area contributed by atoms with Gasteiger partial charge in [-0.25, -0.2) is 0 Å². The van der Waals surface area contributed by atoms with Crippen molar-refractivity contribution in [2.45, 2.75) is 163 Å². The largest absolute Gasteiger partial charge is 0.462 e. The molecule has 0 saturated carbocycles. The second kappa shape index (κ2) is 27.1. The van der Waals surface area contributed by atoms with Crippen molar-refractivity contribution in [3.63, 3.8) is 0 Å². The number of hydrogen-bond donors (Lipinski definition) is 12. The van der Waals surface area contributed by atoms with E-state index in [2.05, 4.69) is 0 Å². The number of rotatable bonds is 3. The average Bonchev–Trinajstić information content (AvgIpc) is 3.18. The van der Waals surface area contributed by atoms with Crippen LogP contribution >= 0.6 is 0 Å². The van der Waals surface area contributed by atoms with Gasteiger partial charge in [0.25, 0.3) is 0 Å². The fourth-order valence-electron chi connectivity index (χ4n) is 7.54. The van der Waals surface area contributed by atoms with E-state index in [0.29, 0.717) is 0 Å². The highest BCUT2D eigenvalue weighted by Gasteiger charge is 2.50. The Bertz CT molecular complexity index is 1600. The van der Waals surface area contributed by atoms with Crippen LogP contribution in [0.1, 0.15) is 71.6 Å². The van der Waals surface area contributed by atoms with Crippen LogP contribution in [0.25, 0.3) is 0 Å². The topological polar surface area (TPSA) is 325 Å². The Balaban J connectivity index is 1.83. The molecule has 3 heterocycles. The molecule has 0 aromatic heterocycles. The SMILES string of the molecule is C[C@H]1C[C@H](O)[C@@H](C)/C=C/C=C/C=C/C=C/C=C/C=C/C=C/[C@H](O[C@@H]2OC[C@@H](O)[C@H](N)[C@@H]2O)C[C@@H]2O[C@](O)(CC(O)CC(O)C(O)CCC(O)CC(O)CC(=O)O1)C[C@H](O)[C@H]2C(N)=O. The highest BCUT2D eigenvalue weighted by atomic mass is 16.7. The van der Waals surface area contributed by atoms with E-state index >= 15 is 0 Å². The van der Waals surface area contributed by atoms with Crippen LogP contribution < -0.4 is 11.5 Å². The van der Waals surface area contributed by atoms with E-state index < -0.39 is 135 Å². The Morgan fingerprint density at radius 1 is 0.683 bits per heavy atom. The van der Waals surface area contributed by atoms with Crippen LogP contribution in [-0.2, 0) is 28.5 Å². The number of allylic oxidation sites excluding steroid dienone is 12. The van der Waals surface area contributed by atoms with Gasteiger partial charge in [-0.15, -0.1) is 0 Å². The molecule has 63 heavy (non-hydrogen) atoms. The van der Waals surface area contributed by atoms with Gasteiger partial charge in [-0.05, 0) is 26.2 Å². The predicted molar refractivity (Wildman–Crippen MR) is 229 cm³/mol. The molecular formula is C45H70N2O16. The number of carbonyl (C=O) groups excluding carboxylic acids is 2. The highest BCUT2D eigenvalue weighted by molar-refractivity contribution is 5.78. The number of hydrogen-bond acceptors (Lipinski definition) is 17. The first-order valence-electron chi connectivity index (χ1n) is 21.5. The molecule has 18 nitrogen and oxygen atoms in total. The normalized spacial score (nSPS) is 44.2. The summed E-state index contributed by atoms with van der Waals surface area (Å²) < 4.78 is 22.9. The summed E-state index contributed by atoms with van der Waals surface area (Å²) in [7, 11) is 0. The quantitative estimate of drug-likeness (QED) is 0.159. The monoisotopic (exact) mass is 894 g/mol. The number of cyclic esters (lactones) is 1. The number of carbonyl (C=O) groups is 2. The number of aliphatic hydroxyl groups excluding tert-OH is 9. The number of aliphatic hydroxyl groups is 10. The molecule has 3 rings (SSSR count). The minimum absolute atomic E-state index is 0.0913. The predicted octanol–water partition coefficient (Wildman–Crippen LogP) is -0.522. The Morgan fingerprint density at radius 2 is 1.27 bits per heavy atom. The first-order valence-corrected chi connectivity index (χ1v) is 21.5. The zero-order valence-corrected chi connectivity index (χ0v) is 36.0. The molecule has 3 aliphatic rings. The standard InChI is InChI=1S/C45H70N2O16/c1-27-15-13-11-9-7-5-3-4-6-8-10-12-14-16-32(62-44-42(57)41(46)37(55)26-60-44)23-38-40(43(47)58)36(54)25-45(59,63-38)24-31(50)21-35(53)33(51)18-17-29(48)20-30(49)22-39(56)61-28(2)19-34(27)52/h3-16,27-38,40-42,44,48-55,57,59H,17-26,46H2,1-2H3,(H2,47,58)/b4-3+,7-5+,8-6+,11-9+,12-10+,15-13+,16-14+/t27-,28-,29?,30?,31?,32-,33?,34-,35?,36-,37+,38-,40+,41-,42-,44-,45+/m0/s1. The molecule has 0 spiro atoms. The Hall–Kier alpha value is -3.44. The van der Waals surface area contributed by atoms with Crippen molar-refractivity contribution in [2.24, 2.45) is 23.3 Å². The van der Waals surface area contributed by atoms with E-state index in [1.807, 2.05) is 31.2 Å². The molecule has 2 fully saturated rings. The van der Waals surface area contributed by atoms with Crippen molar-refractivity contribution in [1.82, 2.24) is 0 Å². The second-order valence-corrected chi connectivity index (χ2v) is 16.8. The number of amides is 1. The van der Waals surface area contributed by atoms with E-state index in [-0.39, 0.29) is 44.6 Å². The average molecular weight is 895 g/mol. The molecule has 2 bridgehead atoms. The van der Waals surface area contributed by atoms with E-state index in [1.165, 1.54) is 0 Å². The van der Waals surface area contributed by atoms with Gasteiger partial charge in [0.1, 0.15) is 12.2 Å². The zero-order chi connectivity index (χ0) is 46.7. The maximum absolute atomic E-state index is 12.6. The first kappa shape index (κ1) is 53.9. The van der Waals surface area contributed by atoms with E-state index in [0.717, 1.165) is 0 Å². The number of primary amides is 1. The van der Waals surface area contributed by atoms with Gasteiger partial charge in [-0.2, -0.15) is 0 Å². The summed E-state index contributed by atoms with van der Waals surface area (Å²) in [5.74, 6) is -5.54. The zero-order valence-electron chi connectivity index (χ0n) is 36.0. The van der Waals surface area contributed by atoms with Crippen LogP contribution in [0.3, 0.4) is 0 Å². The lowest BCUT2D eigenvalue weighted by atomic mass is 9.82. The van der Waals surface area contributed by atoms with E-state index in [9.17, 15) is 60.7 Å². The minimum atomic E-state index is -2.26. The Kier molecular flexibility index (Phi) is 23.2. The maximum atomic E-state index is 12.6. The van der Waals surface area contributed by atoms with Gasteiger partial charge in [0.15, 0.2) is 12.1 Å². The maximum Gasteiger partial charge on any atom is 0.308 e. The number of fused-ring (bicyclic) bond motifs is 2. The lowest BCUT2D eigenvalue weighted by Gasteiger charge is -2.45. The molecule has 14 N–H and O–H groups in total. The first-order chi connectivity index (χ1) is 29.8. The molecule has 17 atom stereocenters. The highest BCUT2D eigenvalue weighted by Crippen LogP contribution is 2.38. The Labute approximate surface area is 368 Å². The van der Waals surface area contributed by atoms with Crippen LogP contribution in [0, 0.1) is 11.8 Å². The van der Waals surface area contributed by atoms with E-state index in [4.69, 9.17) is 30.4 Å². The van der Waals surface area contributed by atoms with Gasteiger partial charge in [-0.1, -0.05) is 92.0 Å². The van der Waals surface area contributed by atoms with Gasteiger partial charge in [-0.3, -0.25) is 9.59 Å². The molecule has 0 aromatic carbocycles. The number of esters is 1. The lowest BCUT2D eigenvalue weighted by molar-refractivity contribution is -0.303. The molecule has 5 unspecified atom stereocenters. The van der Waals surface area contributed by atoms with Crippen LogP contribution in [0.15, 0.2) is 85.1 Å². The molecule has 0 aliphatic carbocycles. The summed E-state index contributed by atoms with van der Waals surface area (Å²) in [4.78, 5) is 25.1. The third-order valence-corrected chi connectivity index (χ3v) is 11.1. The molecule has 356 valence electrons. The summed E-state index contributed by atoms with van der Waals surface area (Å²) in [6.45, 7) is 3.20. The summed E-state index contributed by atoms with van der Waals surface area (Å²) in [5, 5.41) is 107. The lowest BCUT2D eigenvalue weighted by Crippen LogP contribution is -2.59. The van der Waals surface area contributed by atoms with Crippen molar-refractivity contribution in [2.75, 3.05) is 6.61 Å². The third kappa shape index (κ3) is 19.3. The second-order valence-electron chi connectivity index (χ2n) is 16.8. The van der Waals surface area contributed by atoms with Gasteiger partial charge in [0, 0.05) is 38.0 Å². The third-order valence-electron chi connectivity index (χ3n) is 11.1. The number of ether oxygens (including phenoxy) is 4. The van der Waals surface area contributed by atoms with Gasteiger partial charge < -0.3 is 81.5 Å². The molecule has 3 aliphatic heterocycles. The van der Waals surface area contributed by atoms with Gasteiger partial charge in [0.05, 0.1) is 86.0 Å². The summed E-state index contributed by atoms with van der Waals surface area (Å²) >= 11 is 0. The van der Waals surface area contributed by atoms with Crippen LogP contribution in [-0.4, -0.2) is 161 Å². The van der Waals surface area contributed by atoms with Crippen LogP contribution in [0.5, 0.6) is 0 Å². The fourth-order valence-corrected chi connectivity index (χ4v) is 7.54. The van der Waals surface area contributed by atoms with Crippen molar-refractivity contribution < 1.29 is 79.6 Å². The van der Waals surface area contributed by atoms with Crippen LogP contribution in [0.2, 0.25) is 0 Å². The Morgan fingerprint density at radius 3 is 1.87 bits per heavy atom. The molecule has 18 heteroatoms. The van der Waals surface area contributed by atoms with Crippen LogP contribution in [0.4, 0.5) is 0 Å². The summed E-state index contributed by atoms with van der Waals surface area (Å²) in [6, 6.07) is -1.10. The smallest absolute Gasteiger partial charge is 0.308 e. The van der Waals surface area contributed by atoms with Crippen molar-refractivity contribution in [3.8, 4) is 0 Å². The minimum Gasteiger partial charge on any atom is -0.462 e. The van der Waals surface area contributed by atoms with Gasteiger partial charge in [0.2, 0.25) is 5.91 Å². The van der Waals surface area contributed by atoms with Crippen molar-refractivity contribution in [1.29, 1.82) is 0 Å². The van der Waals surface area contributed by atoms with Gasteiger partial charge >= 0.3 is 5.97 Å². The molecular weight excluding hydrogens is 824 g/mol. The van der Waals surface area contributed by atoms with E-state index in [1.54, 1.807) is 67.7 Å². The molecule has 0 radical (unpaired) electrons. The summed E-state index contributed by atoms with van der Waals surface area (Å²) in [5.41, 5.74) is 11.6.